The van der Waals surface area contributed by atoms with Crippen molar-refractivity contribution in [1.29, 1.82) is 0 Å². The van der Waals surface area contributed by atoms with Gasteiger partial charge in [0.25, 0.3) is 20.2 Å². The van der Waals surface area contributed by atoms with Gasteiger partial charge in [0.05, 0.1) is 56.6 Å². The minimum Gasteiger partial charge on any atom is -0.505 e. The van der Waals surface area contributed by atoms with Gasteiger partial charge >= 0.3 is 0 Å². The zero-order chi connectivity index (χ0) is 44.9. The monoisotopic (exact) mass is 957 g/mol. The van der Waals surface area contributed by atoms with Crippen LogP contribution in [0.25, 0.3) is 21.5 Å². The quantitative estimate of drug-likeness (QED) is 0.0147. The van der Waals surface area contributed by atoms with Crippen molar-refractivity contribution in [3.63, 3.8) is 0 Å². The maximum Gasteiger partial charge on any atom is 0.296 e. The molecule has 0 spiro atoms. The van der Waals surface area contributed by atoms with Gasteiger partial charge in [-0.25, -0.2) is 10.5 Å². The van der Waals surface area contributed by atoms with E-state index in [1.165, 1.54) is 18.2 Å². The second-order valence-corrected chi connectivity index (χ2v) is 16.9. The first-order chi connectivity index (χ1) is 30.1. The van der Waals surface area contributed by atoms with Gasteiger partial charge in [-0.05, 0) is 83.0 Å². The van der Waals surface area contributed by atoms with E-state index in [-0.39, 0.29) is 60.0 Å². The number of benzene rings is 6. The van der Waals surface area contributed by atoms with E-state index in [4.69, 9.17) is 22.1 Å². The lowest BCUT2D eigenvalue weighted by Crippen LogP contribution is -2.06. The number of phenols is 2. The van der Waals surface area contributed by atoms with Crippen LogP contribution in [0.1, 0.15) is 0 Å². The van der Waals surface area contributed by atoms with Crippen LogP contribution in [0.3, 0.4) is 0 Å². The molecule has 0 fully saturated rings. The summed E-state index contributed by atoms with van der Waals surface area (Å²) in [5.74, 6) is -2.19. The maximum absolute atomic E-state index is 12.6. The average Bonchev–Trinajstić information content (AvgIpc) is 3.23. The molecule has 7 aromatic rings. The molecule has 0 unspecified atom stereocenters. The van der Waals surface area contributed by atoms with Crippen LogP contribution in [0.5, 0.6) is 11.5 Å². The van der Waals surface area contributed by atoms with Crippen LogP contribution in [0.15, 0.2) is 137 Å². The van der Waals surface area contributed by atoms with E-state index in [1.54, 1.807) is 60.7 Å². The number of aromatic nitrogens is 3. The molecule has 0 aliphatic rings. The van der Waals surface area contributed by atoms with E-state index in [2.05, 4.69) is 64.8 Å². The molecule has 324 valence electrons. The molecular weight excluding hydrogens is 934 g/mol. The zero-order valence-electron chi connectivity index (χ0n) is 30.8. The first kappa shape index (κ1) is 44.9. The topological polar surface area (TPSA) is 339 Å². The molecule has 1 heterocycles. The van der Waals surface area contributed by atoms with Gasteiger partial charge in [-0.3, -0.25) is 9.11 Å². The largest absolute Gasteiger partial charge is 0.505 e. The Labute approximate surface area is 366 Å². The Kier molecular flexibility index (Phi) is 13.6. The normalized spacial score (nSPS) is 12.2. The first-order valence-electron chi connectivity index (χ1n) is 16.9. The number of phenolic OH excluding ortho intramolecular Hbond substituents is 2. The number of rotatable bonds is 16. The molecule has 0 saturated carbocycles. The number of halogens is 1. The second-order valence-electron chi connectivity index (χ2n) is 12.3. The van der Waals surface area contributed by atoms with Crippen LogP contribution < -0.4 is 10.6 Å². The standard InChI is InChI=1S/C35H24ClN9O14S4/c36-33-39-34(37-23-15-21(60-58-56-48)11-17-14-26(63(53,54)55)30(32(47)27(17)23)45-43-20-9-5-2-6-10-20)41-35(40-33)38-24-16-22(62(50,51)52)12-18-13-25(61-59-57-49)29(31(46)28(18)24)44-42-19-7-3-1-4-8-19/h1-16,46-49H,(H,50,51,52)(H,53,54,55)(H2,37,38,39,40,41). The SMILES string of the molecule is O=S(=O)(O)c1cc(Nc2nc(Cl)nc(Nc3cc(SOOO)cc4cc(S(=O)(=O)O)c(N=Nc5ccccc5)c(O)c34)n2)c2c(O)c(N=Nc3ccccc3)c(SOOO)cc2c1. The summed E-state index contributed by atoms with van der Waals surface area (Å²) in [4.78, 5) is 11.0. The van der Waals surface area contributed by atoms with Gasteiger partial charge in [-0.1, -0.05) is 46.5 Å². The molecule has 0 bridgehead atoms. The molecule has 6 aromatic carbocycles. The lowest BCUT2D eigenvalue weighted by Gasteiger charge is -2.16. The van der Waals surface area contributed by atoms with Crippen molar-refractivity contribution in [3.8, 4) is 11.5 Å². The fourth-order valence-electron chi connectivity index (χ4n) is 5.78. The lowest BCUT2D eigenvalue weighted by atomic mass is 10.1. The van der Waals surface area contributed by atoms with E-state index in [0.717, 1.165) is 18.2 Å². The number of azo groups is 2. The highest BCUT2D eigenvalue weighted by molar-refractivity contribution is 7.95. The van der Waals surface area contributed by atoms with Crippen LogP contribution >= 0.6 is 35.7 Å². The summed E-state index contributed by atoms with van der Waals surface area (Å²) in [5.41, 5.74) is -0.598. The van der Waals surface area contributed by atoms with E-state index >= 15 is 0 Å². The van der Waals surface area contributed by atoms with Crippen molar-refractivity contribution in [3.05, 3.63) is 102 Å². The number of hydrogen-bond acceptors (Lipinski definition) is 23. The highest BCUT2D eigenvalue weighted by Gasteiger charge is 2.26. The summed E-state index contributed by atoms with van der Waals surface area (Å²) >= 11 is 7.14. The third-order valence-corrected chi connectivity index (χ3v) is 11.3. The molecule has 1 aromatic heterocycles. The van der Waals surface area contributed by atoms with Crippen LogP contribution in [0.2, 0.25) is 5.28 Å². The van der Waals surface area contributed by atoms with Crippen molar-refractivity contribution in [2.75, 3.05) is 10.6 Å². The summed E-state index contributed by atoms with van der Waals surface area (Å²) in [6.45, 7) is 0. The molecule has 0 aliphatic heterocycles. The Balaban J connectivity index is 1.37. The van der Waals surface area contributed by atoms with E-state index in [9.17, 15) is 36.2 Å². The third kappa shape index (κ3) is 10.5. The molecule has 28 heteroatoms. The van der Waals surface area contributed by atoms with Crippen LogP contribution in [-0.2, 0) is 39.0 Å². The molecule has 0 radical (unpaired) electrons. The van der Waals surface area contributed by atoms with E-state index < -0.39 is 58.4 Å². The fourth-order valence-corrected chi connectivity index (χ4v) is 8.09. The smallest absolute Gasteiger partial charge is 0.296 e. The van der Waals surface area contributed by atoms with Crippen LogP contribution in [0.4, 0.5) is 46.0 Å². The zero-order valence-corrected chi connectivity index (χ0v) is 34.9. The molecule has 0 aliphatic carbocycles. The van der Waals surface area contributed by atoms with E-state index in [0.29, 0.717) is 29.8 Å². The van der Waals surface area contributed by atoms with Crippen molar-refractivity contribution < 1.29 is 65.4 Å². The highest BCUT2D eigenvalue weighted by atomic mass is 35.5. The van der Waals surface area contributed by atoms with Crippen LogP contribution in [0, 0.1) is 0 Å². The molecule has 0 amide bonds. The summed E-state index contributed by atoms with van der Waals surface area (Å²) in [6.07, 6.45) is 0. The molecular formula is C35H24ClN9O14S4. The number of nitrogens with one attached hydrogen (secondary N) is 2. The Morgan fingerprint density at radius 2 is 1.13 bits per heavy atom. The van der Waals surface area contributed by atoms with Gasteiger partial charge in [-0.15, -0.1) is 18.9 Å². The van der Waals surface area contributed by atoms with Gasteiger partial charge in [-0.2, -0.15) is 42.0 Å². The average molecular weight is 958 g/mol. The van der Waals surface area contributed by atoms with Gasteiger partial charge in [0.1, 0.15) is 16.3 Å². The lowest BCUT2D eigenvalue weighted by molar-refractivity contribution is -0.432. The number of fused-ring (bicyclic) bond motifs is 2. The number of anilines is 4. The molecule has 8 N–H and O–H groups in total. The predicted octanol–water partition coefficient (Wildman–Crippen LogP) is 9.91. The van der Waals surface area contributed by atoms with Crippen LogP contribution in [-0.4, -0.2) is 61.6 Å². The van der Waals surface area contributed by atoms with Gasteiger partial charge < -0.3 is 20.8 Å². The first-order valence-corrected chi connectivity index (χ1v) is 21.7. The Hall–Kier alpha value is -6.18. The minimum atomic E-state index is -5.05. The Morgan fingerprint density at radius 3 is 1.68 bits per heavy atom. The predicted molar refractivity (Wildman–Crippen MR) is 225 cm³/mol. The highest BCUT2D eigenvalue weighted by Crippen LogP contribution is 2.49. The molecule has 63 heavy (non-hydrogen) atoms. The van der Waals surface area contributed by atoms with E-state index in [1.807, 2.05) is 0 Å². The Bertz CT molecular complexity index is 3160. The fraction of sp³-hybridized carbons (Fsp3) is 0. The van der Waals surface area contributed by atoms with Gasteiger partial charge in [0.2, 0.25) is 17.2 Å². The molecule has 0 saturated heterocycles. The minimum absolute atomic E-state index is 0.0397. The maximum atomic E-state index is 12.6. The number of aromatic hydroxyl groups is 2. The van der Waals surface area contributed by atoms with Gasteiger partial charge in [0.15, 0.2) is 11.5 Å². The molecule has 0 atom stereocenters. The molecule has 7 rings (SSSR count). The Morgan fingerprint density at radius 1 is 0.603 bits per heavy atom. The summed E-state index contributed by atoms with van der Waals surface area (Å²) in [6, 6.07) is 23.2. The number of nitrogens with zero attached hydrogens (tertiary/aromatic N) is 7. The summed E-state index contributed by atoms with van der Waals surface area (Å²) in [5, 5.41) is 69.3. The van der Waals surface area contributed by atoms with Crippen molar-refractivity contribution in [2.45, 2.75) is 19.6 Å². The number of hydrogen-bond donors (Lipinski definition) is 8. The third-order valence-electron chi connectivity index (χ3n) is 8.28. The van der Waals surface area contributed by atoms with Gasteiger partial charge in [0, 0.05) is 15.7 Å². The van der Waals surface area contributed by atoms with Crippen molar-refractivity contribution >= 4 is 123 Å². The second kappa shape index (κ2) is 19.1. The molecule has 23 nitrogen and oxygen atoms in total. The summed E-state index contributed by atoms with van der Waals surface area (Å²) in [7, 11) is -9.97. The van der Waals surface area contributed by atoms with Crippen molar-refractivity contribution in [2.24, 2.45) is 20.5 Å². The summed E-state index contributed by atoms with van der Waals surface area (Å²) < 4.78 is 79.4. The van der Waals surface area contributed by atoms with Crippen molar-refractivity contribution in [1.82, 2.24) is 15.0 Å².